The van der Waals surface area contributed by atoms with Crippen LogP contribution in [0.3, 0.4) is 0 Å². The fourth-order valence-corrected chi connectivity index (χ4v) is 3.84. The number of hydrogen-bond acceptors (Lipinski definition) is 3. The molecule has 1 heterocycles. The van der Waals surface area contributed by atoms with Gasteiger partial charge in [-0.3, -0.25) is 0 Å². The molecular weight excluding hydrogens is 266 g/mol. The Morgan fingerprint density at radius 3 is 1.60 bits per heavy atom. The van der Waals surface area contributed by atoms with Gasteiger partial charge in [0.15, 0.2) is 0 Å². The molecule has 0 aromatic rings. The third-order valence-electron chi connectivity index (χ3n) is 4.24. The van der Waals surface area contributed by atoms with Gasteiger partial charge in [0.05, 0.1) is 0 Å². The molecule has 0 atom stereocenters. The van der Waals surface area contributed by atoms with Crippen molar-refractivity contribution in [3.8, 4) is 0 Å². The number of aliphatic hydroxyl groups excluding tert-OH is 1. The van der Waals surface area contributed by atoms with Crippen molar-refractivity contribution in [3.05, 3.63) is 0 Å². The molecule has 3 heteroatoms. The summed E-state index contributed by atoms with van der Waals surface area (Å²) < 4.78 is 0. The van der Waals surface area contributed by atoms with Crippen LogP contribution in [0.4, 0.5) is 0 Å². The average molecular weight is 302 g/mol. The summed E-state index contributed by atoms with van der Waals surface area (Å²) in [5, 5.41) is 8.69. The summed E-state index contributed by atoms with van der Waals surface area (Å²) in [4.78, 5) is 2.64. The first-order valence-electron chi connectivity index (χ1n) is 8.84. The van der Waals surface area contributed by atoms with Crippen LogP contribution in [0.1, 0.15) is 70.6 Å². The van der Waals surface area contributed by atoms with Crippen molar-refractivity contribution in [2.45, 2.75) is 70.6 Å². The van der Waals surface area contributed by atoms with Crippen molar-refractivity contribution < 1.29 is 5.11 Å². The molecule has 1 fully saturated rings. The highest BCUT2D eigenvalue weighted by molar-refractivity contribution is 7.99. The van der Waals surface area contributed by atoms with E-state index >= 15 is 0 Å². The Morgan fingerprint density at radius 1 is 0.650 bits per heavy atom. The van der Waals surface area contributed by atoms with Crippen molar-refractivity contribution in [2.24, 2.45) is 0 Å². The van der Waals surface area contributed by atoms with E-state index < -0.39 is 0 Å². The second-order valence-corrected chi connectivity index (χ2v) is 7.29. The first-order valence-corrected chi connectivity index (χ1v) is 10.00. The minimum atomic E-state index is 0.371. The van der Waals surface area contributed by atoms with Gasteiger partial charge in [0.2, 0.25) is 0 Å². The van der Waals surface area contributed by atoms with E-state index in [-0.39, 0.29) is 0 Å². The van der Waals surface area contributed by atoms with Crippen LogP contribution in [0, 0.1) is 0 Å². The molecule has 20 heavy (non-hydrogen) atoms. The largest absolute Gasteiger partial charge is 0.396 e. The predicted octanol–water partition coefficient (Wildman–Crippen LogP) is 4.32. The van der Waals surface area contributed by atoms with E-state index in [1.54, 1.807) is 0 Å². The van der Waals surface area contributed by atoms with Crippen LogP contribution in [0.5, 0.6) is 0 Å². The van der Waals surface area contributed by atoms with E-state index in [1.807, 2.05) is 0 Å². The summed E-state index contributed by atoms with van der Waals surface area (Å²) in [6.45, 7) is 4.35. The Morgan fingerprint density at radius 2 is 1.10 bits per heavy atom. The smallest absolute Gasteiger partial charge is 0.0431 e. The lowest BCUT2D eigenvalue weighted by molar-refractivity contribution is 0.282. The Bertz CT molecular complexity index is 195. The van der Waals surface area contributed by atoms with Crippen LogP contribution in [0.2, 0.25) is 0 Å². The zero-order chi connectivity index (χ0) is 14.3. The zero-order valence-corrected chi connectivity index (χ0v) is 14.1. The van der Waals surface area contributed by atoms with Crippen LogP contribution in [-0.2, 0) is 0 Å². The maximum Gasteiger partial charge on any atom is 0.0431 e. The van der Waals surface area contributed by atoms with Crippen molar-refractivity contribution in [1.29, 1.82) is 0 Å². The second kappa shape index (κ2) is 14.2. The zero-order valence-electron chi connectivity index (χ0n) is 13.3. The van der Waals surface area contributed by atoms with Gasteiger partial charge in [-0.2, -0.15) is 11.8 Å². The van der Waals surface area contributed by atoms with E-state index in [2.05, 4.69) is 16.7 Å². The Kier molecular flexibility index (Phi) is 13.0. The monoisotopic (exact) mass is 301 g/mol. The van der Waals surface area contributed by atoms with Crippen molar-refractivity contribution in [3.63, 3.8) is 0 Å². The van der Waals surface area contributed by atoms with Crippen LogP contribution in [0.15, 0.2) is 0 Å². The van der Waals surface area contributed by atoms with Crippen LogP contribution in [-0.4, -0.2) is 47.8 Å². The fourth-order valence-electron chi connectivity index (χ4n) is 2.86. The molecule has 0 aromatic heterocycles. The normalized spacial score (nSPS) is 16.6. The molecule has 0 radical (unpaired) electrons. The van der Waals surface area contributed by atoms with E-state index in [4.69, 9.17) is 5.11 Å². The molecule has 2 nitrogen and oxygen atoms in total. The highest BCUT2D eigenvalue weighted by Gasteiger charge is 2.08. The predicted molar refractivity (Wildman–Crippen MR) is 91.6 cm³/mol. The highest BCUT2D eigenvalue weighted by atomic mass is 32.2. The third kappa shape index (κ3) is 11.0. The molecule has 1 aliphatic heterocycles. The van der Waals surface area contributed by atoms with E-state index in [0.717, 1.165) is 6.42 Å². The number of unbranched alkanes of at least 4 members (excludes halogenated alkanes) is 10. The Hall–Kier alpha value is 0.270. The molecule has 0 spiro atoms. The Labute approximate surface area is 130 Å². The molecule has 0 unspecified atom stereocenters. The Balaban J connectivity index is 1.70. The number of rotatable bonds is 13. The molecule has 1 rings (SSSR count). The SMILES string of the molecule is OCCCCCCCCCCCCCN1CCSCC1. The molecule has 1 aliphatic rings. The summed E-state index contributed by atoms with van der Waals surface area (Å²) in [5.74, 6) is 2.69. The molecule has 0 aliphatic carbocycles. The topological polar surface area (TPSA) is 23.5 Å². The molecule has 0 aromatic carbocycles. The van der Waals surface area contributed by atoms with Gasteiger partial charge in [0.1, 0.15) is 0 Å². The van der Waals surface area contributed by atoms with E-state index in [1.165, 1.54) is 95.3 Å². The molecule has 0 amide bonds. The van der Waals surface area contributed by atoms with E-state index in [9.17, 15) is 0 Å². The van der Waals surface area contributed by atoms with E-state index in [0.29, 0.717) is 6.61 Å². The quantitative estimate of drug-likeness (QED) is 0.513. The van der Waals surface area contributed by atoms with Crippen LogP contribution >= 0.6 is 11.8 Å². The number of aliphatic hydroxyl groups is 1. The molecule has 120 valence electrons. The first kappa shape index (κ1) is 18.3. The van der Waals surface area contributed by atoms with Gasteiger partial charge < -0.3 is 10.0 Å². The maximum absolute atomic E-state index is 8.69. The average Bonchev–Trinajstić information content (AvgIpc) is 2.49. The lowest BCUT2D eigenvalue weighted by atomic mass is 10.1. The van der Waals surface area contributed by atoms with Crippen molar-refractivity contribution in [2.75, 3.05) is 37.7 Å². The fraction of sp³-hybridized carbons (Fsp3) is 1.00. The van der Waals surface area contributed by atoms with Gasteiger partial charge in [-0.15, -0.1) is 0 Å². The highest BCUT2D eigenvalue weighted by Crippen LogP contribution is 2.13. The van der Waals surface area contributed by atoms with Gasteiger partial charge in [-0.1, -0.05) is 57.8 Å². The summed E-state index contributed by atoms with van der Waals surface area (Å²) in [5.41, 5.74) is 0. The number of hydrogen-bond donors (Lipinski definition) is 1. The lowest BCUT2D eigenvalue weighted by Crippen LogP contribution is -2.33. The minimum Gasteiger partial charge on any atom is -0.396 e. The number of thioether (sulfide) groups is 1. The summed E-state index contributed by atoms with van der Waals surface area (Å²) in [7, 11) is 0. The standard InChI is InChI=1S/C17H35NOS/c19-15-11-9-7-5-3-1-2-4-6-8-10-12-18-13-16-20-17-14-18/h19H,1-17H2. The molecule has 1 N–H and O–H groups in total. The van der Waals surface area contributed by atoms with Gasteiger partial charge in [-0.25, -0.2) is 0 Å². The first-order chi connectivity index (χ1) is 9.93. The van der Waals surface area contributed by atoms with Crippen LogP contribution in [0.25, 0.3) is 0 Å². The third-order valence-corrected chi connectivity index (χ3v) is 5.18. The lowest BCUT2D eigenvalue weighted by Gasteiger charge is -2.25. The summed E-state index contributed by atoms with van der Waals surface area (Å²) in [6.07, 6.45) is 14.9. The molecule has 1 saturated heterocycles. The molecular formula is C17H35NOS. The van der Waals surface area contributed by atoms with Gasteiger partial charge >= 0.3 is 0 Å². The van der Waals surface area contributed by atoms with Gasteiger partial charge in [0.25, 0.3) is 0 Å². The van der Waals surface area contributed by atoms with Gasteiger partial charge in [-0.05, 0) is 19.4 Å². The maximum atomic E-state index is 8.69. The number of nitrogens with zero attached hydrogens (tertiary/aromatic N) is 1. The molecule has 0 saturated carbocycles. The molecule has 0 bridgehead atoms. The summed E-state index contributed by atoms with van der Waals surface area (Å²) >= 11 is 2.11. The minimum absolute atomic E-state index is 0.371. The van der Waals surface area contributed by atoms with Crippen molar-refractivity contribution >= 4 is 11.8 Å². The van der Waals surface area contributed by atoms with Gasteiger partial charge in [0, 0.05) is 31.2 Å². The van der Waals surface area contributed by atoms with Crippen LogP contribution < -0.4 is 0 Å². The second-order valence-electron chi connectivity index (χ2n) is 6.07. The summed E-state index contributed by atoms with van der Waals surface area (Å²) in [6, 6.07) is 0. The van der Waals surface area contributed by atoms with Crippen molar-refractivity contribution in [1.82, 2.24) is 4.90 Å².